The normalized spacial score (nSPS) is 12.3. The first kappa shape index (κ1) is 14.5. The van der Waals surface area contributed by atoms with Crippen molar-refractivity contribution in [2.75, 3.05) is 19.0 Å². The molecule has 7 heteroatoms. The van der Waals surface area contributed by atoms with Gasteiger partial charge in [-0.25, -0.2) is 0 Å². The number of carbonyl (C=O) groups is 1. The molecule has 0 spiro atoms. The molecule has 0 fully saturated rings. The van der Waals surface area contributed by atoms with E-state index in [0.29, 0.717) is 20.8 Å². The third-order valence-corrected chi connectivity index (χ3v) is 3.09. The van der Waals surface area contributed by atoms with Crippen molar-refractivity contribution in [3.63, 3.8) is 0 Å². The molecule has 1 rings (SSSR count). The van der Waals surface area contributed by atoms with Gasteiger partial charge in [0, 0.05) is 13.7 Å². The number of halogens is 3. The molecule has 1 unspecified atom stereocenters. The van der Waals surface area contributed by atoms with Crippen molar-refractivity contribution in [2.45, 2.75) is 6.10 Å². The topological polar surface area (TPSA) is 64.3 Å². The molecule has 0 aliphatic rings. The van der Waals surface area contributed by atoms with Crippen LogP contribution in [-0.4, -0.2) is 25.7 Å². The van der Waals surface area contributed by atoms with Crippen molar-refractivity contribution in [2.24, 2.45) is 5.73 Å². The van der Waals surface area contributed by atoms with Gasteiger partial charge in [-0.15, -0.1) is 0 Å². The first-order chi connectivity index (χ1) is 7.99. The Kier molecular flexibility index (Phi) is 5.49. The lowest BCUT2D eigenvalue weighted by Gasteiger charge is -2.14. The second kappa shape index (κ2) is 6.42. The number of amides is 1. The van der Waals surface area contributed by atoms with Gasteiger partial charge in [-0.3, -0.25) is 4.79 Å². The van der Waals surface area contributed by atoms with Crippen LogP contribution in [0.2, 0.25) is 15.1 Å². The first-order valence-electron chi connectivity index (χ1n) is 4.67. The zero-order chi connectivity index (χ0) is 13.0. The highest BCUT2D eigenvalue weighted by Crippen LogP contribution is 2.32. The van der Waals surface area contributed by atoms with Crippen molar-refractivity contribution >= 4 is 46.4 Å². The molecule has 0 saturated carbocycles. The molecule has 0 bridgehead atoms. The number of rotatable bonds is 4. The van der Waals surface area contributed by atoms with Gasteiger partial charge in [-0.1, -0.05) is 34.8 Å². The zero-order valence-corrected chi connectivity index (χ0v) is 11.2. The van der Waals surface area contributed by atoms with Crippen LogP contribution in [0.4, 0.5) is 5.69 Å². The lowest BCUT2D eigenvalue weighted by atomic mass is 10.2. The van der Waals surface area contributed by atoms with Gasteiger partial charge in [-0.05, 0) is 12.1 Å². The maximum atomic E-state index is 11.7. The average molecular weight is 298 g/mol. The number of benzene rings is 1. The van der Waals surface area contributed by atoms with Crippen LogP contribution in [0, 0.1) is 0 Å². The Bertz CT molecular complexity index is 422. The highest BCUT2D eigenvalue weighted by molar-refractivity contribution is 6.44. The molecule has 0 heterocycles. The fourth-order valence-corrected chi connectivity index (χ4v) is 1.74. The third-order valence-electron chi connectivity index (χ3n) is 2.06. The molecule has 1 aromatic rings. The summed E-state index contributed by atoms with van der Waals surface area (Å²) in [5.41, 5.74) is 5.73. The summed E-state index contributed by atoms with van der Waals surface area (Å²) in [7, 11) is 1.40. The molecule has 1 amide bonds. The molecule has 0 aromatic heterocycles. The monoisotopic (exact) mass is 296 g/mol. The van der Waals surface area contributed by atoms with Crippen LogP contribution < -0.4 is 11.1 Å². The minimum Gasteiger partial charge on any atom is -0.370 e. The Morgan fingerprint density at radius 1 is 1.35 bits per heavy atom. The second-order valence-electron chi connectivity index (χ2n) is 3.20. The summed E-state index contributed by atoms with van der Waals surface area (Å²) in [5, 5.41) is 3.47. The molecule has 0 radical (unpaired) electrons. The molecular weight excluding hydrogens is 286 g/mol. The molecule has 0 saturated heterocycles. The summed E-state index contributed by atoms with van der Waals surface area (Å²) >= 11 is 17.5. The van der Waals surface area contributed by atoms with E-state index < -0.39 is 12.0 Å². The predicted octanol–water partition coefficient (Wildman–Crippen LogP) is 2.56. The van der Waals surface area contributed by atoms with E-state index in [1.165, 1.54) is 19.2 Å². The van der Waals surface area contributed by atoms with Gasteiger partial charge < -0.3 is 15.8 Å². The first-order valence-corrected chi connectivity index (χ1v) is 5.81. The van der Waals surface area contributed by atoms with Gasteiger partial charge in [0.05, 0.1) is 20.8 Å². The van der Waals surface area contributed by atoms with E-state index in [1.807, 2.05) is 0 Å². The highest BCUT2D eigenvalue weighted by Gasteiger charge is 2.17. The molecule has 0 aliphatic carbocycles. The van der Waals surface area contributed by atoms with E-state index in [9.17, 15) is 4.79 Å². The summed E-state index contributed by atoms with van der Waals surface area (Å²) in [6, 6.07) is 2.92. The van der Waals surface area contributed by atoms with Crippen molar-refractivity contribution in [3.05, 3.63) is 27.2 Å². The molecule has 94 valence electrons. The van der Waals surface area contributed by atoms with Crippen molar-refractivity contribution in [3.8, 4) is 0 Å². The standard InChI is InChI=1S/C10H11Cl3N2O2/c1-17-9(4-14)10(16)15-8-3-6(12)5(11)2-7(8)13/h2-3,9H,4,14H2,1H3,(H,15,16). The molecular formula is C10H11Cl3N2O2. The number of nitrogens with two attached hydrogens (primary N) is 1. The van der Waals surface area contributed by atoms with Crippen LogP contribution >= 0.6 is 34.8 Å². The van der Waals surface area contributed by atoms with Crippen molar-refractivity contribution in [1.82, 2.24) is 0 Å². The number of ether oxygens (including phenoxy) is 1. The summed E-state index contributed by atoms with van der Waals surface area (Å²) in [5.74, 6) is -0.393. The molecule has 1 atom stereocenters. The summed E-state index contributed by atoms with van der Waals surface area (Å²) < 4.78 is 4.89. The van der Waals surface area contributed by atoms with E-state index in [4.69, 9.17) is 45.3 Å². The average Bonchev–Trinajstić information content (AvgIpc) is 2.27. The van der Waals surface area contributed by atoms with E-state index >= 15 is 0 Å². The SMILES string of the molecule is COC(CN)C(=O)Nc1cc(Cl)c(Cl)cc1Cl. The van der Waals surface area contributed by atoms with Gasteiger partial charge >= 0.3 is 0 Å². The van der Waals surface area contributed by atoms with Gasteiger partial charge in [0.2, 0.25) is 0 Å². The van der Waals surface area contributed by atoms with Crippen LogP contribution in [0.25, 0.3) is 0 Å². The van der Waals surface area contributed by atoms with E-state index in [0.717, 1.165) is 0 Å². The van der Waals surface area contributed by atoms with Gasteiger partial charge in [-0.2, -0.15) is 0 Å². The van der Waals surface area contributed by atoms with E-state index in [2.05, 4.69) is 5.32 Å². The van der Waals surface area contributed by atoms with E-state index in [-0.39, 0.29) is 6.54 Å². The Morgan fingerprint density at radius 2 is 1.94 bits per heavy atom. The minimum atomic E-state index is -0.736. The number of methoxy groups -OCH3 is 1. The fourth-order valence-electron chi connectivity index (χ4n) is 1.14. The van der Waals surface area contributed by atoms with Crippen molar-refractivity contribution in [1.29, 1.82) is 0 Å². The smallest absolute Gasteiger partial charge is 0.254 e. The highest BCUT2D eigenvalue weighted by atomic mass is 35.5. The molecule has 0 aliphatic heterocycles. The quantitative estimate of drug-likeness (QED) is 0.840. The molecule has 1 aromatic carbocycles. The van der Waals surface area contributed by atoms with Crippen LogP contribution in [0.3, 0.4) is 0 Å². The van der Waals surface area contributed by atoms with Crippen LogP contribution in [0.1, 0.15) is 0 Å². The van der Waals surface area contributed by atoms with Crippen LogP contribution in [-0.2, 0) is 9.53 Å². The lowest BCUT2D eigenvalue weighted by molar-refractivity contribution is -0.125. The lowest BCUT2D eigenvalue weighted by Crippen LogP contribution is -2.35. The number of anilines is 1. The number of hydrogen-bond donors (Lipinski definition) is 2. The third kappa shape index (κ3) is 3.72. The number of nitrogens with one attached hydrogen (secondary N) is 1. The Morgan fingerprint density at radius 3 is 2.47 bits per heavy atom. The van der Waals surface area contributed by atoms with Crippen LogP contribution in [0.15, 0.2) is 12.1 Å². The number of carbonyl (C=O) groups excluding carboxylic acids is 1. The summed E-state index contributed by atoms with van der Waals surface area (Å²) in [4.78, 5) is 11.7. The summed E-state index contributed by atoms with van der Waals surface area (Å²) in [6.45, 7) is 0.0707. The zero-order valence-electron chi connectivity index (χ0n) is 8.97. The Hall–Kier alpha value is -0.520. The largest absolute Gasteiger partial charge is 0.370 e. The minimum absolute atomic E-state index is 0.0707. The predicted molar refractivity (Wildman–Crippen MR) is 70.0 cm³/mol. The van der Waals surface area contributed by atoms with E-state index in [1.54, 1.807) is 0 Å². The molecule has 4 nitrogen and oxygen atoms in total. The van der Waals surface area contributed by atoms with Gasteiger partial charge in [0.25, 0.3) is 5.91 Å². The van der Waals surface area contributed by atoms with Gasteiger partial charge in [0.1, 0.15) is 6.10 Å². The maximum absolute atomic E-state index is 11.7. The summed E-state index contributed by atoms with van der Waals surface area (Å²) in [6.07, 6.45) is -0.736. The maximum Gasteiger partial charge on any atom is 0.254 e. The Balaban J connectivity index is 2.88. The number of hydrogen-bond acceptors (Lipinski definition) is 3. The van der Waals surface area contributed by atoms with Crippen LogP contribution in [0.5, 0.6) is 0 Å². The molecule has 17 heavy (non-hydrogen) atoms. The molecule has 3 N–H and O–H groups in total. The second-order valence-corrected chi connectivity index (χ2v) is 4.42. The Labute approximate surface area is 114 Å². The van der Waals surface area contributed by atoms with Gasteiger partial charge in [0.15, 0.2) is 0 Å². The van der Waals surface area contributed by atoms with Crippen molar-refractivity contribution < 1.29 is 9.53 Å². The fraction of sp³-hybridized carbons (Fsp3) is 0.300.